The Morgan fingerprint density at radius 1 is 1.11 bits per heavy atom. The summed E-state index contributed by atoms with van der Waals surface area (Å²) >= 11 is 0. The third-order valence-electron chi connectivity index (χ3n) is 7.75. The van der Waals surface area contributed by atoms with E-state index >= 15 is 0 Å². The van der Waals surface area contributed by atoms with Gasteiger partial charge in [0.05, 0.1) is 16.8 Å². The second kappa shape index (κ2) is 8.96. The molecule has 3 fully saturated rings. The summed E-state index contributed by atoms with van der Waals surface area (Å²) in [5, 5.41) is 14.0. The summed E-state index contributed by atoms with van der Waals surface area (Å²) in [7, 11) is 0. The largest absolute Gasteiger partial charge is 0.446 e. The van der Waals surface area contributed by atoms with Crippen molar-refractivity contribution in [1.29, 1.82) is 5.26 Å². The van der Waals surface area contributed by atoms with E-state index in [0.717, 1.165) is 60.2 Å². The van der Waals surface area contributed by atoms with Gasteiger partial charge in [0, 0.05) is 36.4 Å². The zero-order valence-electron chi connectivity index (χ0n) is 20.3. The predicted molar refractivity (Wildman–Crippen MR) is 139 cm³/mol. The van der Waals surface area contributed by atoms with Crippen LogP contribution < -0.4 is 10.2 Å². The van der Waals surface area contributed by atoms with Gasteiger partial charge in [0.2, 0.25) is 0 Å². The standard InChI is InChI=1S/C29H32N4O2/c1-19(21-6-7-21)35-29(34)31-23-10-8-22(9-11-23)28-26(17-30)25-13-12-24(32-14-2-3-15-32)16-27(25)33(28)18-20-4-5-20/h8-13,16,19-21H,2-7,14-15,18H2,1H3,(H,31,34)/t19-/m1/s1. The zero-order chi connectivity index (χ0) is 23.9. The van der Waals surface area contributed by atoms with Gasteiger partial charge in [-0.05, 0) is 93.2 Å². The van der Waals surface area contributed by atoms with Crippen molar-refractivity contribution in [3.05, 3.63) is 48.0 Å². The molecule has 2 saturated carbocycles. The quantitative estimate of drug-likeness (QED) is 0.428. The van der Waals surface area contributed by atoms with Crippen LogP contribution in [0.15, 0.2) is 42.5 Å². The molecule has 6 rings (SSSR count). The minimum Gasteiger partial charge on any atom is -0.446 e. The molecule has 1 saturated heterocycles. The van der Waals surface area contributed by atoms with Crippen molar-refractivity contribution in [2.45, 2.75) is 58.1 Å². The second-order valence-corrected chi connectivity index (χ2v) is 10.4. The Morgan fingerprint density at radius 3 is 2.51 bits per heavy atom. The molecule has 1 aromatic heterocycles. The molecule has 2 aromatic carbocycles. The molecular weight excluding hydrogens is 436 g/mol. The van der Waals surface area contributed by atoms with Gasteiger partial charge < -0.3 is 14.2 Å². The minimum atomic E-state index is -0.410. The van der Waals surface area contributed by atoms with Crippen LogP contribution >= 0.6 is 0 Å². The summed E-state index contributed by atoms with van der Waals surface area (Å²) in [6.07, 6.45) is 6.79. The number of carbonyl (C=O) groups excluding carboxylic acids is 1. The molecule has 1 amide bonds. The van der Waals surface area contributed by atoms with Crippen LogP contribution in [-0.2, 0) is 11.3 Å². The molecule has 1 aliphatic heterocycles. The molecule has 0 unspecified atom stereocenters. The number of nitrogens with zero attached hydrogens (tertiary/aromatic N) is 3. The molecule has 1 N–H and O–H groups in total. The molecule has 0 radical (unpaired) electrons. The van der Waals surface area contributed by atoms with E-state index in [4.69, 9.17) is 4.74 Å². The molecule has 2 heterocycles. The van der Waals surface area contributed by atoms with E-state index < -0.39 is 6.09 Å². The molecule has 2 aliphatic carbocycles. The Hall–Kier alpha value is -3.46. The monoisotopic (exact) mass is 468 g/mol. The number of anilines is 2. The van der Waals surface area contributed by atoms with Crippen LogP contribution in [-0.4, -0.2) is 29.9 Å². The van der Waals surface area contributed by atoms with Crippen molar-refractivity contribution >= 4 is 28.4 Å². The highest BCUT2D eigenvalue weighted by molar-refractivity contribution is 5.96. The Labute approximate surface area is 206 Å². The molecule has 6 nitrogen and oxygen atoms in total. The molecule has 3 aliphatic rings. The fraction of sp³-hybridized carbons (Fsp3) is 0.448. The molecule has 35 heavy (non-hydrogen) atoms. The SMILES string of the molecule is C[C@@H](OC(=O)Nc1ccc(-c2c(C#N)c3ccc(N4CCCC4)cc3n2CC2CC2)cc1)C1CC1. The van der Waals surface area contributed by atoms with Crippen LogP contribution in [0.1, 0.15) is 51.0 Å². The van der Waals surface area contributed by atoms with E-state index in [-0.39, 0.29) is 6.10 Å². The first-order valence-electron chi connectivity index (χ1n) is 13.0. The summed E-state index contributed by atoms with van der Waals surface area (Å²) in [5.74, 6) is 1.18. The Morgan fingerprint density at radius 2 is 1.86 bits per heavy atom. The number of nitriles is 1. The number of fused-ring (bicyclic) bond motifs is 1. The lowest BCUT2D eigenvalue weighted by Gasteiger charge is -2.18. The molecule has 180 valence electrons. The van der Waals surface area contributed by atoms with Gasteiger partial charge in [-0.15, -0.1) is 0 Å². The predicted octanol–water partition coefficient (Wildman–Crippen LogP) is 6.54. The molecule has 0 bridgehead atoms. The average molecular weight is 469 g/mol. The van der Waals surface area contributed by atoms with Crippen molar-refractivity contribution in [3.63, 3.8) is 0 Å². The van der Waals surface area contributed by atoms with E-state index in [1.54, 1.807) is 0 Å². The number of ether oxygens (including phenoxy) is 1. The maximum atomic E-state index is 12.3. The number of hydrogen-bond donors (Lipinski definition) is 1. The summed E-state index contributed by atoms with van der Waals surface area (Å²) in [6, 6.07) is 16.9. The highest BCUT2D eigenvalue weighted by Crippen LogP contribution is 2.40. The van der Waals surface area contributed by atoms with E-state index in [1.807, 2.05) is 31.2 Å². The van der Waals surface area contributed by atoms with Gasteiger partial charge in [-0.2, -0.15) is 5.26 Å². The van der Waals surface area contributed by atoms with Crippen LogP contribution in [0.2, 0.25) is 0 Å². The molecule has 1 atom stereocenters. The van der Waals surface area contributed by atoms with Crippen molar-refractivity contribution < 1.29 is 9.53 Å². The van der Waals surface area contributed by atoms with E-state index in [9.17, 15) is 10.1 Å². The first-order chi connectivity index (χ1) is 17.1. The van der Waals surface area contributed by atoms with Gasteiger partial charge in [-0.3, -0.25) is 5.32 Å². The number of carbonyl (C=O) groups is 1. The summed E-state index contributed by atoms with van der Waals surface area (Å²) in [6.45, 7) is 5.09. The number of amides is 1. The fourth-order valence-electron chi connectivity index (χ4n) is 5.36. The molecule has 3 aromatic rings. The first-order valence-corrected chi connectivity index (χ1v) is 13.0. The minimum absolute atomic E-state index is 0.0453. The lowest BCUT2D eigenvalue weighted by atomic mass is 10.1. The lowest BCUT2D eigenvalue weighted by molar-refractivity contribution is 0.108. The third-order valence-corrected chi connectivity index (χ3v) is 7.75. The van der Waals surface area contributed by atoms with Gasteiger partial charge in [-0.1, -0.05) is 12.1 Å². The van der Waals surface area contributed by atoms with Gasteiger partial charge in [0.15, 0.2) is 0 Å². The number of benzene rings is 2. The third kappa shape index (κ3) is 4.48. The van der Waals surface area contributed by atoms with Crippen LogP contribution in [0.25, 0.3) is 22.2 Å². The Bertz CT molecular complexity index is 1290. The maximum absolute atomic E-state index is 12.3. The molecule has 0 spiro atoms. The van der Waals surface area contributed by atoms with Crippen LogP contribution in [0.5, 0.6) is 0 Å². The van der Waals surface area contributed by atoms with Crippen molar-refractivity contribution in [3.8, 4) is 17.3 Å². The van der Waals surface area contributed by atoms with Crippen molar-refractivity contribution in [1.82, 2.24) is 4.57 Å². The summed E-state index contributed by atoms with van der Waals surface area (Å²) in [4.78, 5) is 14.7. The fourth-order valence-corrected chi connectivity index (χ4v) is 5.36. The van der Waals surface area contributed by atoms with E-state index in [0.29, 0.717) is 17.5 Å². The highest BCUT2D eigenvalue weighted by Gasteiger charge is 2.31. The van der Waals surface area contributed by atoms with Crippen LogP contribution in [0, 0.1) is 23.2 Å². The number of hydrogen-bond acceptors (Lipinski definition) is 4. The first kappa shape index (κ1) is 22.0. The summed E-state index contributed by atoms with van der Waals surface area (Å²) in [5.41, 5.74) is 5.79. The maximum Gasteiger partial charge on any atom is 0.411 e. The Kier molecular flexibility index (Phi) is 5.64. The second-order valence-electron chi connectivity index (χ2n) is 10.4. The molecular formula is C29H32N4O2. The summed E-state index contributed by atoms with van der Waals surface area (Å²) < 4.78 is 7.85. The lowest BCUT2D eigenvalue weighted by Crippen LogP contribution is -2.21. The van der Waals surface area contributed by atoms with Crippen molar-refractivity contribution in [2.75, 3.05) is 23.3 Å². The number of rotatable bonds is 7. The van der Waals surface area contributed by atoms with Gasteiger partial charge in [-0.25, -0.2) is 4.79 Å². The van der Waals surface area contributed by atoms with Gasteiger partial charge in [0.25, 0.3) is 0 Å². The zero-order valence-corrected chi connectivity index (χ0v) is 20.3. The topological polar surface area (TPSA) is 70.3 Å². The van der Waals surface area contributed by atoms with E-state index in [2.05, 4.69) is 39.1 Å². The molecule has 6 heteroatoms. The van der Waals surface area contributed by atoms with Crippen LogP contribution in [0.4, 0.5) is 16.2 Å². The number of nitrogens with one attached hydrogen (secondary N) is 1. The normalized spacial score (nSPS) is 18.5. The Balaban J connectivity index is 1.33. The van der Waals surface area contributed by atoms with Crippen LogP contribution in [0.3, 0.4) is 0 Å². The number of aromatic nitrogens is 1. The van der Waals surface area contributed by atoms with E-state index in [1.165, 1.54) is 31.4 Å². The van der Waals surface area contributed by atoms with Gasteiger partial charge >= 0.3 is 6.09 Å². The smallest absolute Gasteiger partial charge is 0.411 e. The highest BCUT2D eigenvalue weighted by atomic mass is 16.6. The average Bonchev–Trinajstić information content (AvgIpc) is 3.79. The van der Waals surface area contributed by atoms with Crippen molar-refractivity contribution in [2.24, 2.45) is 11.8 Å². The van der Waals surface area contributed by atoms with Gasteiger partial charge in [0.1, 0.15) is 12.2 Å².